The zero-order valence-electron chi connectivity index (χ0n) is 33.0. The quantitative estimate of drug-likeness (QED) is 0.0261. The molecule has 0 bridgehead atoms. The average molecular weight is 1010 g/mol. The highest BCUT2D eigenvalue weighted by Crippen LogP contribution is 2.31. The summed E-state index contributed by atoms with van der Waals surface area (Å²) in [5, 5.41) is 17.7. The molecule has 0 N–H and O–H groups in total. The molecule has 0 amide bonds. The van der Waals surface area contributed by atoms with Gasteiger partial charge < -0.3 is 0 Å². The number of benzene rings is 6. The Kier molecular flexibility index (Phi) is 15.2. The third-order valence-corrected chi connectivity index (χ3v) is 12.7. The molecule has 0 aromatic heterocycles. The Bertz CT molecular complexity index is 2850. The molecule has 6 aromatic rings. The molecule has 4 nitrogen and oxygen atoms in total. The summed E-state index contributed by atoms with van der Waals surface area (Å²) >= 11 is 0. The SMILES string of the molecule is Fc1c(F)c(F)c([B-](c2c(F)c(F)c(F)c(F)c2F)(c2c(F)c(F)c(F)c(F)c2F)c2c(F)c(F)c(F)c(F)c2F)c(F)c1F.N#CC(C#N)=CC[S+](=O)(CC(=O)c1ccccc1)c1ccccc1. The van der Waals surface area contributed by atoms with Crippen molar-refractivity contribution in [3.63, 3.8) is 0 Å². The van der Waals surface area contributed by atoms with Crippen LogP contribution in [-0.4, -0.2) is 23.4 Å². The van der Waals surface area contributed by atoms with Crippen LogP contribution in [0.3, 0.4) is 0 Å². The first kappa shape index (κ1) is 52.5. The minimum Gasteiger partial charge on any atom is -0.289 e. The first-order valence-corrected chi connectivity index (χ1v) is 20.1. The van der Waals surface area contributed by atoms with Crippen LogP contribution < -0.4 is 21.9 Å². The van der Waals surface area contributed by atoms with E-state index in [0.29, 0.717) is 10.5 Å². The maximum Gasteiger partial charge on any atom is 0.212 e. The van der Waals surface area contributed by atoms with Crippen molar-refractivity contribution in [1.29, 1.82) is 10.5 Å². The van der Waals surface area contributed by atoms with Crippen molar-refractivity contribution in [1.82, 2.24) is 0 Å². The number of ketones is 1. The molecule has 0 heterocycles. The molecular weight excluding hydrogens is 999 g/mol. The van der Waals surface area contributed by atoms with Gasteiger partial charge in [-0.25, -0.2) is 87.8 Å². The van der Waals surface area contributed by atoms with Gasteiger partial charge in [-0.15, -0.1) is 21.9 Å². The molecule has 6 aromatic carbocycles. The van der Waals surface area contributed by atoms with E-state index in [1.807, 2.05) is 0 Å². The molecule has 0 radical (unpaired) electrons. The lowest BCUT2D eigenvalue weighted by molar-refractivity contribution is 0.102. The molecular formula is C43H15BF20N2O2S. The predicted octanol–water partition coefficient (Wildman–Crippen LogP) is 9.25. The van der Waals surface area contributed by atoms with E-state index >= 15 is 35.1 Å². The normalized spacial score (nSPS) is 12.1. The van der Waals surface area contributed by atoms with Gasteiger partial charge in [0.1, 0.15) is 86.1 Å². The van der Waals surface area contributed by atoms with Gasteiger partial charge >= 0.3 is 0 Å². The average Bonchev–Trinajstić information content (AvgIpc) is 3.34. The molecule has 0 saturated heterocycles. The fourth-order valence-corrected chi connectivity index (χ4v) is 9.19. The van der Waals surface area contributed by atoms with Crippen LogP contribution in [0.5, 0.6) is 0 Å². The van der Waals surface area contributed by atoms with Crippen LogP contribution in [0.25, 0.3) is 0 Å². The summed E-state index contributed by atoms with van der Waals surface area (Å²) in [6.45, 7) is 0. The molecule has 0 aliphatic rings. The van der Waals surface area contributed by atoms with Gasteiger partial charge in [-0.2, -0.15) is 10.5 Å². The van der Waals surface area contributed by atoms with Gasteiger partial charge in [0.15, 0.2) is 80.5 Å². The topological polar surface area (TPSA) is 81.7 Å². The lowest BCUT2D eigenvalue weighted by atomic mass is 9.12. The number of carbonyl (C=O) groups excluding carboxylic acids is 1. The summed E-state index contributed by atoms with van der Waals surface area (Å²) in [6.07, 6.45) is -5.88. The molecule has 0 fully saturated rings. The van der Waals surface area contributed by atoms with Gasteiger partial charge in [0.25, 0.3) is 0 Å². The number of hydrogen-bond acceptors (Lipinski definition) is 4. The fraction of sp³-hybridized carbons (Fsp3) is 0.0465. The lowest BCUT2D eigenvalue weighted by Crippen LogP contribution is -2.81. The first-order valence-electron chi connectivity index (χ1n) is 18.2. The van der Waals surface area contributed by atoms with E-state index < -0.39 is 154 Å². The lowest BCUT2D eigenvalue weighted by Gasteiger charge is -2.44. The summed E-state index contributed by atoms with van der Waals surface area (Å²) in [5.74, 6) is -71.8. The minimum absolute atomic E-state index is 0.0218. The van der Waals surface area contributed by atoms with Crippen LogP contribution in [0.2, 0.25) is 0 Å². The monoisotopic (exact) mass is 1010 g/mol. The van der Waals surface area contributed by atoms with Crippen molar-refractivity contribution in [2.75, 3.05) is 11.5 Å². The zero-order valence-corrected chi connectivity index (χ0v) is 33.8. The van der Waals surface area contributed by atoms with E-state index in [-0.39, 0.29) is 22.9 Å². The van der Waals surface area contributed by atoms with Crippen LogP contribution in [0.4, 0.5) is 87.8 Å². The van der Waals surface area contributed by atoms with Crippen molar-refractivity contribution in [3.05, 3.63) is 194 Å². The van der Waals surface area contributed by atoms with Crippen molar-refractivity contribution in [2.45, 2.75) is 4.90 Å². The van der Waals surface area contributed by atoms with Gasteiger partial charge in [0, 0.05) is 5.56 Å². The minimum atomic E-state index is -7.22. The molecule has 1 atom stereocenters. The number of hydrogen-bond donors (Lipinski definition) is 0. The van der Waals surface area contributed by atoms with Crippen LogP contribution >= 0.6 is 0 Å². The summed E-state index contributed by atoms with van der Waals surface area (Å²) in [5.41, 5.74) is -13.9. The number of carbonyl (C=O) groups is 1. The standard InChI is InChI=1S/C24BF20.C19H15N2O2S/c26-5-1(6(27)14(35)21(42)13(5)34)25(2-7(28)15(36)22(43)16(37)8(2)29,3-9(30)17(38)23(44)18(39)10(3)31)4-11(32)19(40)24(45)20(41)12(4)33;20-13-16(14-21)11-12-24(23,18-9-5-2-6-10-18)15-19(22)17-7-3-1-4-8-17/h;1-11H,12,15H2/q-1;+1. The number of nitriles is 2. The fourth-order valence-electron chi connectivity index (χ4n) is 7.03. The van der Waals surface area contributed by atoms with Gasteiger partial charge in [-0.05, 0) is 18.2 Å². The molecule has 6 rings (SSSR count). The molecule has 69 heavy (non-hydrogen) atoms. The summed E-state index contributed by atoms with van der Waals surface area (Å²) in [4.78, 5) is 13.0. The molecule has 0 saturated carbocycles. The largest absolute Gasteiger partial charge is 0.289 e. The third-order valence-electron chi connectivity index (χ3n) is 10.1. The Labute approximate surface area is 373 Å². The number of nitrogens with zero attached hydrogens (tertiary/aromatic N) is 2. The van der Waals surface area contributed by atoms with Gasteiger partial charge in [-0.3, -0.25) is 4.79 Å². The summed E-state index contributed by atoms with van der Waals surface area (Å²) in [7, 11) is -2.76. The first-order chi connectivity index (χ1) is 32.3. The van der Waals surface area contributed by atoms with Gasteiger partial charge in [-0.1, -0.05) is 52.7 Å². The van der Waals surface area contributed by atoms with Crippen LogP contribution in [-0.2, 0) is 14.1 Å². The number of Topliss-reactive ketones (excluding diaryl/α,β-unsaturated/α-hetero) is 1. The molecule has 26 heteroatoms. The Hall–Kier alpha value is -7.48. The Morgan fingerprint density at radius 1 is 0.420 bits per heavy atom. The van der Waals surface area contributed by atoms with Crippen molar-refractivity contribution in [3.8, 4) is 12.1 Å². The number of allylic oxidation sites excluding steroid dienone is 1. The van der Waals surface area contributed by atoms with Gasteiger partial charge in [0.05, 0.1) is 0 Å². The second-order valence-electron chi connectivity index (χ2n) is 13.9. The summed E-state index contributed by atoms with van der Waals surface area (Å²) < 4.78 is 307. The smallest absolute Gasteiger partial charge is 0.212 e. The molecule has 0 spiro atoms. The van der Waals surface area contributed by atoms with Crippen LogP contribution in [0.1, 0.15) is 10.4 Å². The highest BCUT2D eigenvalue weighted by atomic mass is 32.2. The predicted molar refractivity (Wildman–Crippen MR) is 202 cm³/mol. The van der Waals surface area contributed by atoms with E-state index in [1.165, 1.54) is 6.08 Å². The van der Waals surface area contributed by atoms with Gasteiger partial charge in [0.2, 0.25) is 5.78 Å². The highest BCUT2D eigenvalue weighted by molar-refractivity contribution is 8.03. The maximum absolute atomic E-state index is 15.4. The second kappa shape index (κ2) is 20.0. The van der Waals surface area contributed by atoms with E-state index in [9.17, 15) is 61.7 Å². The summed E-state index contributed by atoms with van der Waals surface area (Å²) in [6, 6.07) is 20.9. The molecule has 358 valence electrons. The van der Waals surface area contributed by atoms with E-state index in [1.54, 1.807) is 72.8 Å². The van der Waals surface area contributed by atoms with Crippen LogP contribution in [0, 0.1) is 139 Å². The second-order valence-corrected chi connectivity index (χ2v) is 16.6. The molecule has 0 aliphatic carbocycles. The number of halogens is 20. The Balaban J connectivity index is 0.000000311. The van der Waals surface area contributed by atoms with E-state index in [4.69, 9.17) is 10.5 Å². The molecule has 0 aliphatic heterocycles. The van der Waals surface area contributed by atoms with Crippen molar-refractivity contribution in [2.24, 2.45) is 0 Å². The molecule has 1 unspecified atom stereocenters. The van der Waals surface area contributed by atoms with Crippen molar-refractivity contribution < 1.29 is 96.8 Å². The van der Waals surface area contributed by atoms with E-state index in [0.717, 1.165) is 0 Å². The van der Waals surface area contributed by atoms with E-state index in [2.05, 4.69) is 0 Å². The maximum atomic E-state index is 15.4. The Morgan fingerprint density at radius 3 is 0.928 bits per heavy atom. The highest BCUT2D eigenvalue weighted by Gasteiger charge is 2.52. The third kappa shape index (κ3) is 8.80. The number of rotatable bonds is 10. The van der Waals surface area contributed by atoms with Crippen LogP contribution in [0.15, 0.2) is 77.2 Å². The Morgan fingerprint density at radius 2 is 0.667 bits per heavy atom. The zero-order chi connectivity index (χ0) is 51.8. The van der Waals surface area contributed by atoms with Crippen molar-refractivity contribution >= 4 is 43.7 Å².